The Balaban J connectivity index is 1.05. The highest BCUT2D eigenvalue weighted by Gasteiger charge is 2.43. The van der Waals surface area contributed by atoms with E-state index in [2.05, 4.69) is 31.0 Å². The quantitative estimate of drug-likeness (QED) is 0.0899. The van der Waals surface area contributed by atoms with Gasteiger partial charge in [0.15, 0.2) is 0 Å². The fraction of sp³-hybridized carbons (Fsp3) is 0.400. The van der Waals surface area contributed by atoms with Crippen LogP contribution in [0, 0.1) is 19.8 Å². The van der Waals surface area contributed by atoms with Gasteiger partial charge in [-0.15, -0.1) is 21.5 Å². The molecule has 14 nitrogen and oxygen atoms in total. The molecule has 0 aliphatic carbocycles. The van der Waals surface area contributed by atoms with Gasteiger partial charge >= 0.3 is 0 Å². The molecule has 5 aromatic rings. The lowest BCUT2D eigenvalue weighted by molar-refractivity contribution is -0.141. The van der Waals surface area contributed by atoms with E-state index in [4.69, 9.17) is 14.0 Å². The highest BCUT2D eigenvalue weighted by molar-refractivity contribution is 7.13. The van der Waals surface area contributed by atoms with E-state index >= 15 is 0 Å². The number of aromatic hydroxyl groups is 1. The number of aliphatic hydroxyl groups is 1. The van der Waals surface area contributed by atoms with Crippen molar-refractivity contribution >= 4 is 29.0 Å². The second-order valence-electron chi connectivity index (χ2n) is 13.9. The number of β-amino-alcohol motifs (C(OH)–C–C–N with tert-alkyl or cyclic N) is 1. The Morgan fingerprint density at radius 2 is 1.80 bits per heavy atom. The number of likely N-dealkylation sites (tertiary alicyclic amines) is 1. The summed E-state index contributed by atoms with van der Waals surface area (Å²) in [6.45, 7) is 9.26. The molecule has 6 rings (SSSR count). The van der Waals surface area contributed by atoms with Gasteiger partial charge in [0.05, 0.1) is 66.0 Å². The zero-order valence-corrected chi connectivity index (χ0v) is 32.2. The largest absolute Gasteiger partial charge is 0.507 e. The summed E-state index contributed by atoms with van der Waals surface area (Å²) in [6, 6.07) is 18.8. The number of carbonyl (C=O) groups is 2. The highest BCUT2D eigenvalue weighted by atomic mass is 32.1. The first kappa shape index (κ1) is 39.5. The lowest BCUT2D eigenvalue weighted by Gasteiger charge is -2.30. The summed E-state index contributed by atoms with van der Waals surface area (Å²) in [4.78, 5) is 34.8. The molecule has 1 aliphatic rings. The zero-order chi connectivity index (χ0) is 38.9. The van der Waals surface area contributed by atoms with E-state index in [1.807, 2.05) is 56.6 Å². The molecule has 0 saturated carbocycles. The Morgan fingerprint density at radius 1 is 1.02 bits per heavy atom. The zero-order valence-electron chi connectivity index (χ0n) is 31.3. The maximum absolute atomic E-state index is 14.0. The molecular weight excluding hydrogens is 723 g/mol. The molecule has 1 saturated heterocycles. The number of ether oxygens (including phenoxy) is 2. The van der Waals surface area contributed by atoms with Crippen molar-refractivity contribution in [1.82, 2.24) is 30.6 Å². The fourth-order valence-corrected chi connectivity index (χ4v) is 7.43. The number of hydrogen-bond acceptors (Lipinski definition) is 13. The lowest BCUT2D eigenvalue weighted by atomic mass is 9.91. The van der Waals surface area contributed by atoms with Crippen LogP contribution >= 0.6 is 11.3 Å². The van der Waals surface area contributed by atoms with Crippen molar-refractivity contribution in [3.8, 4) is 27.4 Å². The highest BCUT2D eigenvalue weighted by Crippen LogP contribution is 2.32. The standard InChI is InChI=1S/C40H47N7O7S/c1-24(2)37(35-19-25(3)46-54-35)40(51)47-21-29(48)20-33(47)39(50)43-32(27-9-11-28(12-10-27)38-26(4)42-23-55-38)22-53-18-17-52-16-15-41-36-14-13-31(44-45-36)30-7-5-6-8-34(30)49/h5-14,19,23-24,29,32-33,37,48-49H,15-18,20-22H2,1-4H3,(H,41,45)(H,43,50)/t29-,32+,33+,37+/m1/s1. The van der Waals surface area contributed by atoms with Crippen LogP contribution in [0.15, 0.2) is 76.8 Å². The summed E-state index contributed by atoms with van der Waals surface area (Å²) in [5.41, 5.74) is 6.45. The van der Waals surface area contributed by atoms with Crippen LogP contribution in [0.3, 0.4) is 0 Å². The minimum absolute atomic E-state index is 0.0413. The molecule has 4 N–H and O–H groups in total. The molecule has 0 spiro atoms. The molecule has 4 atom stereocenters. The lowest BCUT2D eigenvalue weighted by Crippen LogP contribution is -2.49. The van der Waals surface area contributed by atoms with Gasteiger partial charge in [-0.3, -0.25) is 9.59 Å². The molecule has 3 aromatic heterocycles. The van der Waals surface area contributed by atoms with E-state index in [0.29, 0.717) is 48.3 Å². The molecule has 0 unspecified atom stereocenters. The number of nitrogens with one attached hydrogen (secondary N) is 2. The van der Waals surface area contributed by atoms with Crippen LogP contribution in [0.4, 0.5) is 5.82 Å². The third-order valence-electron chi connectivity index (χ3n) is 9.44. The second kappa shape index (κ2) is 18.4. The first-order valence-electron chi connectivity index (χ1n) is 18.3. The fourth-order valence-electron chi connectivity index (χ4n) is 6.62. The average Bonchev–Trinajstić information content (AvgIpc) is 3.92. The van der Waals surface area contributed by atoms with Gasteiger partial charge in [-0.25, -0.2) is 4.98 Å². The monoisotopic (exact) mass is 769 g/mol. The van der Waals surface area contributed by atoms with Crippen LogP contribution in [-0.4, -0.2) is 98.9 Å². The van der Waals surface area contributed by atoms with Crippen molar-refractivity contribution in [1.29, 1.82) is 0 Å². The molecule has 4 heterocycles. The summed E-state index contributed by atoms with van der Waals surface area (Å²) in [5.74, 6) is -0.286. The van der Waals surface area contributed by atoms with Crippen molar-refractivity contribution in [2.75, 3.05) is 44.8 Å². The number of rotatable bonds is 17. The van der Waals surface area contributed by atoms with Gasteiger partial charge in [0, 0.05) is 31.1 Å². The number of aromatic nitrogens is 4. The van der Waals surface area contributed by atoms with E-state index in [1.54, 1.807) is 54.7 Å². The van der Waals surface area contributed by atoms with E-state index in [0.717, 1.165) is 21.7 Å². The van der Waals surface area contributed by atoms with Gasteiger partial charge in [-0.2, -0.15) is 0 Å². The molecular formula is C40H47N7O7S. The molecule has 0 bridgehead atoms. The molecule has 1 aliphatic heterocycles. The Hall–Kier alpha value is -5.22. The van der Waals surface area contributed by atoms with Gasteiger partial charge in [-0.1, -0.05) is 55.4 Å². The number of phenolic OH excluding ortho intramolecular Hbond substituents is 1. The van der Waals surface area contributed by atoms with Gasteiger partial charge < -0.3 is 39.7 Å². The number of phenols is 1. The number of aliphatic hydroxyl groups excluding tert-OH is 1. The predicted molar refractivity (Wildman–Crippen MR) is 207 cm³/mol. The maximum atomic E-state index is 14.0. The summed E-state index contributed by atoms with van der Waals surface area (Å²) in [6.07, 6.45) is -0.731. The number of aryl methyl sites for hydroxylation is 2. The van der Waals surface area contributed by atoms with Gasteiger partial charge in [0.1, 0.15) is 29.3 Å². The number of anilines is 1. The van der Waals surface area contributed by atoms with Crippen molar-refractivity contribution in [3.05, 3.63) is 95.0 Å². The average molecular weight is 770 g/mol. The molecule has 2 amide bonds. The Kier molecular flexibility index (Phi) is 13.2. The minimum atomic E-state index is -0.878. The third kappa shape index (κ3) is 9.91. The number of hydrogen-bond donors (Lipinski definition) is 4. The Bertz CT molecular complexity index is 2020. The van der Waals surface area contributed by atoms with Gasteiger partial charge in [-0.05, 0) is 55.2 Å². The number of thiazole rings is 1. The predicted octanol–water partition coefficient (Wildman–Crippen LogP) is 5.28. The van der Waals surface area contributed by atoms with Crippen LogP contribution < -0.4 is 10.6 Å². The normalized spacial score (nSPS) is 16.7. The van der Waals surface area contributed by atoms with E-state index < -0.39 is 24.1 Å². The summed E-state index contributed by atoms with van der Waals surface area (Å²) >= 11 is 1.56. The number of para-hydroxylation sites is 1. The Morgan fingerprint density at radius 3 is 2.47 bits per heavy atom. The third-order valence-corrected chi connectivity index (χ3v) is 10.4. The molecule has 1 fully saturated rings. The number of amides is 2. The van der Waals surface area contributed by atoms with Gasteiger partial charge in [0.25, 0.3) is 0 Å². The number of carbonyl (C=O) groups excluding carboxylic acids is 2. The summed E-state index contributed by atoms with van der Waals surface area (Å²) in [7, 11) is 0. The van der Waals surface area contributed by atoms with Crippen LogP contribution in [0.25, 0.3) is 21.7 Å². The SMILES string of the molecule is Cc1cc([C@@H](C(=O)N2C[C@H](O)C[C@H]2C(=O)N[C@@H](COCCOCCNc2ccc(-c3ccccc3O)nn2)c2ccc(-c3scnc3C)cc2)C(C)C)on1. The molecule has 0 radical (unpaired) electrons. The van der Waals surface area contributed by atoms with E-state index in [9.17, 15) is 19.8 Å². The van der Waals surface area contributed by atoms with Crippen LogP contribution in [-0.2, 0) is 19.1 Å². The van der Waals surface area contributed by atoms with E-state index in [-0.39, 0.29) is 49.7 Å². The smallest absolute Gasteiger partial charge is 0.243 e. The summed E-state index contributed by atoms with van der Waals surface area (Å²) < 4.78 is 17.3. The first-order valence-corrected chi connectivity index (χ1v) is 19.2. The maximum Gasteiger partial charge on any atom is 0.243 e. The van der Waals surface area contributed by atoms with Crippen molar-refractivity contribution in [2.24, 2.45) is 5.92 Å². The number of benzene rings is 2. The molecule has 290 valence electrons. The van der Waals surface area contributed by atoms with Crippen molar-refractivity contribution in [3.63, 3.8) is 0 Å². The minimum Gasteiger partial charge on any atom is -0.507 e. The first-order chi connectivity index (χ1) is 26.6. The van der Waals surface area contributed by atoms with Crippen LogP contribution in [0.5, 0.6) is 5.75 Å². The second-order valence-corrected chi connectivity index (χ2v) is 14.7. The van der Waals surface area contributed by atoms with E-state index in [1.165, 1.54) is 4.90 Å². The molecule has 15 heteroatoms. The summed E-state index contributed by atoms with van der Waals surface area (Å²) in [5, 5.41) is 39.4. The van der Waals surface area contributed by atoms with Crippen molar-refractivity contribution in [2.45, 2.75) is 58.2 Å². The number of nitrogens with zero attached hydrogens (tertiary/aromatic N) is 5. The van der Waals surface area contributed by atoms with Gasteiger partial charge in [0.2, 0.25) is 11.8 Å². The Labute approximate surface area is 323 Å². The topological polar surface area (TPSA) is 185 Å². The van der Waals surface area contributed by atoms with Crippen LogP contribution in [0.1, 0.15) is 54.9 Å². The van der Waals surface area contributed by atoms with Crippen LogP contribution in [0.2, 0.25) is 0 Å². The van der Waals surface area contributed by atoms with Crippen molar-refractivity contribution < 1.29 is 33.8 Å². The molecule has 2 aromatic carbocycles. The molecule has 55 heavy (non-hydrogen) atoms.